The molecule has 136 valence electrons. The van der Waals surface area contributed by atoms with E-state index >= 15 is 0 Å². The van der Waals surface area contributed by atoms with E-state index in [1.54, 1.807) is 44.3 Å². The number of amides is 2. The van der Waals surface area contributed by atoms with Crippen molar-refractivity contribution in [3.63, 3.8) is 0 Å². The van der Waals surface area contributed by atoms with Crippen LogP contribution in [-0.4, -0.2) is 36.9 Å². The average Bonchev–Trinajstić information content (AvgIpc) is 2.65. The lowest BCUT2D eigenvalue weighted by Crippen LogP contribution is -2.35. The molecule has 1 aromatic rings. The van der Waals surface area contributed by atoms with Gasteiger partial charge in [0.15, 0.2) is 0 Å². The van der Waals surface area contributed by atoms with Crippen molar-refractivity contribution in [2.75, 3.05) is 18.1 Å². The lowest BCUT2D eigenvalue weighted by Gasteiger charge is -2.20. The molecule has 0 aromatic heterocycles. The molecule has 1 rings (SSSR count). The largest absolute Gasteiger partial charge is 0.487 e. The quantitative estimate of drug-likeness (QED) is 0.422. The summed E-state index contributed by atoms with van der Waals surface area (Å²) in [6.07, 6.45) is 3.06. The Morgan fingerprint density at radius 3 is 2.20 bits per heavy atom. The number of benzene rings is 1. The van der Waals surface area contributed by atoms with Crippen LogP contribution in [0.3, 0.4) is 0 Å². The van der Waals surface area contributed by atoms with Crippen LogP contribution in [0.2, 0.25) is 0 Å². The molecule has 0 unspecified atom stereocenters. The molecule has 0 radical (unpaired) electrons. The lowest BCUT2D eigenvalue weighted by atomic mass is 10.2. The standard InChI is InChI=1S/C18H26N4O3/c1-4-11-20-12-14(21-19)13-25-16-9-7-15(8-10-16)22(17(23)5-2)18(24)6-3/h7-10,12H,4-6,11,13,19H2,1-3H3/b20-12?,21-14+. The number of aliphatic imine (C=N–C) groups is 1. The number of carbonyl (C=O) groups excluding carboxylic acids is 2. The molecule has 0 saturated carbocycles. The van der Waals surface area contributed by atoms with Gasteiger partial charge in [-0.1, -0.05) is 20.8 Å². The second-order valence-electron chi connectivity index (χ2n) is 5.27. The van der Waals surface area contributed by atoms with Gasteiger partial charge in [-0.3, -0.25) is 19.5 Å². The summed E-state index contributed by atoms with van der Waals surface area (Å²) in [6.45, 7) is 6.38. The summed E-state index contributed by atoms with van der Waals surface area (Å²) >= 11 is 0. The molecule has 25 heavy (non-hydrogen) atoms. The summed E-state index contributed by atoms with van der Waals surface area (Å²) in [5.41, 5.74) is 1.06. The van der Waals surface area contributed by atoms with Gasteiger partial charge in [-0.05, 0) is 30.7 Å². The number of nitrogens with two attached hydrogens (primary N) is 1. The number of ether oxygens (including phenoxy) is 1. The van der Waals surface area contributed by atoms with E-state index in [0.29, 0.717) is 23.7 Å². The number of rotatable bonds is 9. The van der Waals surface area contributed by atoms with Crippen LogP contribution in [0, 0.1) is 0 Å². The van der Waals surface area contributed by atoms with Gasteiger partial charge in [-0.15, -0.1) is 0 Å². The van der Waals surface area contributed by atoms with Gasteiger partial charge in [-0.25, -0.2) is 0 Å². The monoisotopic (exact) mass is 346 g/mol. The first-order chi connectivity index (χ1) is 12.1. The second-order valence-corrected chi connectivity index (χ2v) is 5.27. The molecule has 0 bridgehead atoms. The molecule has 7 heteroatoms. The molecule has 0 atom stereocenters. The molecule has 2 N–H and O–H groups in total. The Labute approximate surface area is 148 Å². The minimum Gasteiger partial charge on any atom is -0.487 e. The number of hydrazone groups is 1. The van der Waals surface area contributed by atoms with Crippen molar-refractivity contribution in [1.82, 2.24) is 0 Å². The minimum absolute atomic E-state index is 0.189. The highest BCUT2D eigenvalue weighted by Gasteiger charge is 2.20. The first-order valence-corrected chi connectivity index (χ1v) is 8.42. The summed E-state index contributed by atoms with van der Waals surface area (Å²) in [5, 5.41) is 3.63. The van der Waals surface area contributed by atoms with Gasteiger partial charge in [0.1, 0.15) is 18.1 Å². The number of hydrogen-bond acceptors (Lipinski definition) is 6. The molecule has 2 amide bonds. The number of anilines is 1. The summed E-state index contributed by atoms with van der Waals surface area (Å²) in [4.78, 5) is 29.4. The fourth-order valence-electron chi connectivity index (χ4n) is 2.00. The van der Waals surface area contributed by atoms with Crippen molar-refractivity contribution >= 4 is 29.4 Å². The van der Waals surface area contributed by atoms with Crippen LogP contribution in [0.1, 0.15) is 40.0 Å². The van der Waals surface area contributed by atoms with Gasteiger partial charge in [-0.2, -0.15) is 5.10 Å². The number of hydrogen-bond donors (Lipinski definition) is 1. The zero-order valence-corrected chi connectivity index (χ0v) is 15.1. The minimum atomic E-state index is -0.231. The van der Waals surface area contributed by atoms with E-state index in [1.165, 1.54) is 4.90 Å². The van der Waals surface area contributed by atoms with E-state index in [1.807, 2.05) is 6.92 Å². The van der Waals surface area contributed by atoms with Gasteiger partial charge in [0, 0.05) is 25.6 Å². The summed E-state index contributed by atoms with van der Waals surface area (Å²) in [5.74, 6) is 5.44. The number of imide groups is 1. The normalized spacial score (nSPS) is 11.6. The maximum absolute atomic E-state index is 12.0. The van der Waals surface area contributed by atoms with Crippen LogP contribution in [0.5, 0.6) is 5.75 Å². The maximum Gasteiger partial charge on any atom is 0.233 e. The van der Waals surface area contributed by atoms with E-state index in [-0.39, 0.29) is 31.3 Å². The molecule has 7 nitrogen and oxygen atoms in total. The van der Waals surface area contributed by atoms with Crippen LogP contribution in [0.15, 0.2) is 34.4 Å². The van der Waals surface area contributed by atoms with Crippen molar-refractivity contribution in [2.24, 2.45) is 15.9 Å². The van der Waals surface area contributed by atoms with Crippen molar-refractivity contribution in [1.29, 1.82) is 0 Å². The Morgan fingerprint density at radius 1 is 1.12 bits per heavy atom. The molecule has 0 heterocycles. The van der Waals surface area contributed by atoms with Gasteiger partial charge in [0.2, 0.25) is 11.8 Å². The van der Waals surface area contributed by atoms with Crippen molar-refractivity contribution in [3.05, 3.63) is 24.3 Å². The molecule has 0 aliphatic carbocycles. The van der Waals surface area contributed by atoms with E-state index in [9.17, 15) is 9.59 Å². The summed E-state index contributed by atoms with van der Waals surface area (Å²) < 4.78 is 5.61. The van der Waals surface area contributed by atoms with Crippen LogP contribution >= 0.6 is 0 Å². The Kier molecular flexibility index (Phi) is 8.92. The van der Waals surface area contributed by atoms with Gasteiger partial charge in [0.25, 0.3) is 0 Å². The van der Waals surface area contributed by atoms with E-state index in [4.69, 9.17) is 10.6 Å². The van der Waals surface area contributed by atoms with Gasteiger partial charge in [0.05, 0.1) is 5.69 Å². The van der Waals surface area contributed by atoms with Crippen LogP contribution in [-0.2, 0) is 9.59 Å². The zero-order chi connectivity index (χ0) is 18.7. The van der Waals surface area contributed by atoms with Crippen LogP contribution < -0.4 is 15.5 Å². The Hall–Kier alpha value is -2.70. The summed E-state index contributed by atoms with van der Waals surface area (Å²) in [6, 6.07) is 6.76. The Bertz CT molecular complexity index is 608. The topological polar surface area (TPSA) is 97.3 Å². The van der Waals surface area contributed by atoms with Crippen molar-refractivity contribution in [3.8, 4) is 5.75 Å². The number of carbonyl (C=O) groups is 2. The van der Waals surface area contributed by atoms with E-state index in [0.717, 1.165) is 6.42 Å². The fraction of sp³-hybridized carbons (Fsp3) is 0.444. The van der Waals surface area contributed by atoms with Crippen molar-refractivity contribution in [2.45, 2.75) is 40.0 Å². The third-order valence-electron chi connectivity index (χ3n) is 3.34. The predicted octanol–water partition coefficient (Wildman–Crippen LogP) is 2.54. The SMILES string of the molecule is CCCN=C/C(COc1ccc(N(C(=O)CC)C(=O)CC)cc1)=N\N. The molecule has 0 saturated heterocycles. The molecule has 0 fully saturated rings. The smallest absolute Gasteiger partial charge is 0.233 e. The molecule has 0 spiro atoms. The fourth-order valence-corrected chi connectivity index (χ4v) is 2.00. The molecule has 0 aliphatic rings. The third-order valence-corrected chi connectivity index (χ3v) is 3.34. The highest BCUT2D eigenvalue weighted by atomic mass is 16.5. The second kappa shape index (κ2) is 11.0. The van der Waals surface area contributed by atoms with E-state index < -0.39 is 0 Å². The molecule has 1 aromatic carbocycles. The van der Waals surface area contributed by atoms with E-state index in [2.05, 4.69) is 10.1 Å². The highest BCUT2D eigenvalue weighted by molar-refractivity contribution is 6.31. The average molecular weight is 346 g/mol. The third kappa shape index (κ3) is 6.37. The first kappa shape index (κ1) is 20.3. The lowest BCUT2D eigenvalue weighted by molar-refractivity contribution is -0.126. The van der Waals surface area contributed by atoms with Gasteiger partial charge >= 0.3 is 0 Å². The molecular weight excluding hydrogens is 320 g/mol. The van der Waals surface area contributed by atoms with Crippen LogP contribution in [0.25, 0.3) is 0 Å². The van der Waals surface area contributed by atoms with Crippen LogP contribution in [0.4, 0.5) is 5.69 Å². The first-order valence-electron chi connectivity index (χ1n) is 8.42. The predicted molar refractivity (Wildman–Crippen MR) is 100 cm³/mol. The highest BCUT2D eigenvalue weighted by Crippen LogP contribution is 2.21. The van der Waals surface area contributed by atoms with Gasteiger partial charge < -0.3 is 10.6 Å². The Morgan fingerprint density at radius 2 is 1.72 bits per heavy atom. The maximum atomic E-state index is 12.0. The van der Waals surface area contributed by atoms with Crippen molar-refractivity contribution < 1.29 is 14.3 Å². The Balaban J connectivity index is 2.78. The molecular formula is C18H26N4O3. The zero-order valence-electron chi connectivity index (χ0n) is 15.1. The summed E-state index contributed by atoms with van der Waals surface area (Å²) in [7, 11) is 0. The number of nitrogens with zero attached hydrogens (tertiary/aromatic N) is 3. The molecule has 0 aliphatic heterocycles.